The van der Waals surface area contributed by atoms with E-state index in [9.17, 15) is 9.18 Å². The second-order valence-electron chi connectivity index (χ2n) is 8.50. The number of nitrogens with one attached hydrogen (secondary N) is 1. The Kier molecular flexibility index (Phi) is 5.50. The number of nitrogens with zero attached hydrogens (tertiary/aromatic N) is 5. The van der Waals surface area contributed by atoms with Crippen LogP contribution in [-0.2, 0) is 24.3 Å². The second kappa shape index (κ2) is 8.85. The van der Waals surface area contributed by atoms with Gasteiger partial charge in [-0.15, -0.1) is 10.2 Å². The molecule has 4 aromatic heterocycles. The highest BCUT2D eigenvalue weighted by Crippen LogP contribution is 2.30. The molecule has 0 aliphatic rings. The van der Waals surface area contributed by atoms with Crippen LogP contribution in [0.15, 0.2) is 65.7 Å². The molecule has 0 unspecified atom stereocenters. The number of ether oxygens (including phenoxy) is 1. The zero-order valence-corrected chi connectivity index (χ0v) is 20.0. The molecule has 0 atom stereocenters. The fourth-order valence-corrected chi connectivity index (χ4v) is 4.68. The minimum atomic E-state index is -0.296. The molecule has 0 saturated heterocycles. The summed E-state index contributed by atoms with van der Waals surface area (Å²) >= 11 is 6.07. The van der Waals surface area contributed by atoms with Gasteiger partial charge in [0.15, 0.2) is 11.2 Å². The Morgan fingerprint density at radius 2 is 1.94 bits per heavy atom. The number of fused-ring (bicyclic) bond motifs is 4. The SMILES string of the molecule is COCc1nn2c(nnc3c(=O)n(CCc4c[nH]c5ccc(F)cc45)ccc32)c1-c1ccc(Cl)cc1. The Bertz CT molecular complexity index is 1810. The highest BCUT2D eigenvalue weighted by atomic mass is 35.5. The predicted molar refractivity (Wildman–Crippen MR) is 136 cm³/mol. The lowest BCUT2D eigenvalue weighted by Gasteiger charge is -2.07. The van der Waals surface area contributed by atoms with E-state index in [2.05, 4.69) is 15.2 Å². The Hall–Kier alpha value is -4.08. The second-order valence-corrected chi connectivity index (χ2v) is 8.94. The standard InChI is InChI=1S/C26H20ClFN6O2/c1-36-14-21-23(15-2-4-17(27)5-3-15)25-31-30-24-22(34(25)32-21)9-11-33(26(24)35)10-8-16-13-29-20-7-6-18(28)12-19(16)20/h2-7,9,11-13,29H,8,10,14H2,1H3. The molecule has 0 aliphatic heterocycles. The smallest absolute Gasteiger partial charge is 0.280 e. The van der Waals surface area contributed by atoms with Crippen molar-refractivity contribution in [3.8, 4) is 11.1 Å². The monoisotopic (exact) mass is 502 g/mol. The molecule has 10 heteroatoms. The summed E-state index contributed by atoms with van der Waals surface area (Å²) in [5.41, 5.74) is 5.13. The molecule has 8 nitrogen and oxygen atoms in total. The first-order chi connectivity index (χ1) is 17.5. The van der Waals surface area contributed by atoms with Crippen molar-refractivity contribution >= 4 is 39.2 Å². The van der Waals surface area contributed by atoms with Crippen LogP contribution < -0.4 is 5.56 Å². The molecule has 0 fully saturated rings. The number of aryl methyl sites for hydroxylation is 2. The number of aromatic amines is 1. The van der Waals surface area contributed by atoms with Crippen LogP contribution in [0.3, 0.4) is 0 Å². The van der Waals surface area contributed by atoms with Crippen LogP contribution in [0.2, 0.25) is 5.02 Å². The number of benzene rings is 2. The molecule has 6 aromatic rings. The van der Waals surface area contributed by atoms with E-state index in [1.54, 1.807) is 40.6 Å². The number of aromatic nitrogens is 6. The van der Waals surface area contributed by atoms with Gasteiger partial charge in [-0.3, -0.25) is 4.79 Å². The van der Waals surface area contributed by atoms with Gasteiger partial charge in [-0.25, -0.2) is 8.91 Å². The van der Waals surface area contributed by atoms with E-state index in [1.807, 2.05) is 24.4 Å². The lowest BCUT2D eigenvalue weighted by Crippen LogP contribution is -2.22. The van der Waals surface area contributed by atoms with Crippen molar-refractivity contribution in [3.63, 3.8) is 0 Å². The number of halogens is 2. The molecular weight excluding hydrogens is 483 g/mol. The molecule has 1 N–H and O–H groups in total. The first-order valence-corrected chi connectivity index (χ1v) is 11.7. The highest BCUT2D eigenvalue weighted by Gasteiger charge is 2.20. The van der Waals surface area contributed by atoms with Crippen LogP contribution in [0.5, 0.6) is 0 Å². The van der Waals surface area contributed by atoms with Gasteiger partial charge in [-0.05, 0) is 53.9 Å². The summed E-state index contributed by atoms with van der Waals surface area (Å²) in [5, 5.41) is 14.8. The summed E-state index contributed by atoms with van der Waals surface area (Å²) in [6, 6.07) is 13.8. The molecule has 0 aliphatic carbocycles. The van der Waals surface area contributed by atoms with Gasteiger partial charge >= 0.3 is 0 Å². The number of H-pyrrole nitrogens is 1. The van der Waals surface area contributed by atoms with Crippen LogP contribution >= 0.6 is 11.6 Å². The van der Waals surface area contributed by atoms with E-state index in [-0.39, 0.29) is 23.5 Å². The fourth-order valence-electron chi connectivity index (χ4n) is 4.55. The van der Waals surface area contributed by atoms with E-state index < -0.39 is 0 Å². The summed E-state index contributed by atoms with van der Waals surface area (Å²) < 4.78 is 22.3. The zero-order valence-electron chi connectivity index (χ0n) is 19.2. The summed E-state index contributed by atoms with van der Waals surface area (Å²) in [4.78, 5) is 16.4. The van der Waals surface area contributed by atoms with Crippen LogP contribution in [0.25, 0.3) is 38.7 Å². The topological polar surface area (TPSA) is 90.1 Å². The molecule has 0 spiro atoms. The van der Waals surface area contributed by atoms with E-state index >= 15 is 0 Å². The van der Waals surface area contributed by atoms with Crippen molar-refractivity contribution in [2.24, 2.45) is 0 Å². The lowest BCUT2D eigenvalue weighted by molar-refractivity contribution is 0.181. The number of methoxy groups -OCH3 is 1. The normalized spacial score (nSPS) is 11.8. The van der Waals surface area contributed by atoms with E-state index in [1.165, 1.54) is 12.1 Å². The van der Waals surface area contributed by atoms with Crippen LogP contribution in [0.1, 0.15) is 11.3 Å². The Labute approximate surface area is 208 Å². The maximum absolute atomic E-state index is 13.7. The van der Waals surface area contributed by atoms with Crippen LogP contribution in [0.4, 0.5) is 4.39 Å². The fraction of sp³-hybridized carbons (Fsp3) is 0.154. The van der Waals surface area contributed by atoms with E-state index in [4.69, 9.17) is 21.4 Å². The van der Waals surface area contributed by atoms with Crippen LogP contribution in [-0.4, -0.2) is 36.5 Å². The minimum absolute atomic E-state index is 0.212. The van der Waals surface area contributed by atoms with E-state index in [0.29, 0.717) is 34.8 Å². The van der Waals surface area contributed by atoms with Crippen LogP contribution in [0, 0.1) is 5.82 Å². The first-order valence-electron chi connectivity index (χ1n) is 11.3. The Morgan fingerprint density at radius 1 is 1.11 bits per heavy atom. The first kappa shape index (κ1) is 22.4. The van der Waals surface area contributed by atoms with Gasteiger partial charge in [-0.1, -0.05) is 23.7 Å². The largest absolute Gasteiger partial charge is 0.378 e. The molecule has 0 radical (unpaired) electrons. The predicted octanol–water partition coefficient (Wildman–Crippen LogP) is 4.77. The van der Waals surface area contributed by atoms with E-state index in [0.717, 1.165) is 27.6 Å². The number of rotatable bonds is 6. The zero-order chi connectivity index (χ0) is 24.8. The molecule has 4 heterocycles. The lowest BCUT2D eigenvalue weighted by atomic mass is 10.1. The van der Waals surface area contributed by atoms with Gasteiger partial charge in [0.1, 0.15) is 11.3 Å². The summed E-state index contributed by atoms with van der Waals surface area (Å²) in [7, 11) is 1.60. The molecule has 0 saturated carbocycles. The maximum Gasteiger partial charge on any atom is 0.280 e. The average molecular weight is 503 g/mol. The van der Waals surface area contributed by atoms with Gasteiger partial charge in [0.25, 0.3) is 5.56 Å². The maximum atomic E-state index is 13.7. The average Bonchev–Trinajstić information content (AvgIpc) is 3.45. The van der Waals surface area contributed by atoms with Gasteiger partial charge < -0.3 is 14.3 Å². The third-order valence-electron chi connectivity index (χ3n) is 6.29. The number of pyridine rings is 1. The summed E-state index contributed by atoms with van der Waals surface area (Å²) in [5.74, 6) is -0.296. The molecular formula is C26H20ClFN6O2. The van der Waals surface area contributed by atoms with Crippen molar-refractivity contribution in [2.75, 3.05) is 7.11 Å². The molecule has 0 bridgehead atoms. The van der Waals surface area contributed by atoms with Crippen molar-refractivity contribution < 1.29 is 9.13 Å². The summed E-state index contributed by atoms with van der Waals surface area (Å²) in [6.45, 7) is 0.674. The van der Waals surface area contributed by atoms with Gasteiger partial charge in [0.2, 0.25) is 0 Å². The number of hydrogen-bond acceptors (Lipinski definition) is 5. The van der Waals surface area contributed by atoms with Gasteiger partial charge in [-0.2, -0.15) is 5.10 Å². The van der Waals surface area contributed by atoms with Crippen molar-refractivity contribution in [1.29, 1.82) is 0 Å². The van der Waals surface area contributed by atoms with Gasteiger partial charge in [0, 0.05) is 42.0 Å². The highest BCUT2D eigenvalue weighted by molar-refractivity contribution is 6.30. The Morgan fingerprint density at radius 3 is 2.75 bits per heavy atom. The third kappa shape index (κ3) is 3.73. The Balaban J connectivity index is 1.41. The molecule has 180 valence electrons. The molecule has 0 amide bonds. The number of hydrogen-bond donors (Lipinski definition) is 1. The third-order valence-corrected chi connectivity index (χ3v) is 6.54. The summed E-state index contributed by atoms with van der Waals surface area (Å²) in [6.07, 6.45) is 4.12. The van der Waals surface area contributed by atoms with Crippen molar-refractivity contribution in [1.82, 2.24) is 29.4 Å². The molecule has 6 rings (SSSR count). The molecule has 36 heavy (non-hydrogen) atoms. The minimum Gasteiger partial charge on any atom is -0.378 e. The quantitative estimate of drug-likeness (QED) is 0.354. The van der Waals surface area contributed by atoms with Crippen molar-refractivity contribution in [2.45, 2.75) is 19.6 Å². The molecule has 2 aromatic carbocycles. The van der Waals surface area contributed by atoms with Crippen molar-refractivity contribution in [3.05, 3.63) is 93.4 Å². The van der Waals surface area contributed by atoms with Gasteiger partial charge in [0.05, 0.1) is 17.9 Å².